The molecule has 0 atom stereocenters. The first-order valence-electron chi connectivity index (χ1n) is 8.67. The van der Waals surface area contributed by atoms with Gasteiger partial charge in [-0.3, -0.25) is 0 Å². The molecule has 0 spiro atoms. The first kappa shape index (κ1) is 19.7. The van der Waals surface area contributed by atoms with Gasteiger partial charge in [-0.2, -0.15) is 0 Å². The number of benzene rings is 3. The standard InChI is InChI=1S/C21H19F3N2O2/c22-21(23,24)28-17-8-5-15(6-9-17)14-26-11-12-27-20-10-7-16(13-25)18-3-1-2-4-19(18)20/h1-10,13,25-26H,11-12,14H2. The lowest BCUT2D eigenvalue weighted by Crippen LogP contribution is -2.20. The molecule has 0 aliphatic heterocycles. The van der Waals surface area contributed by atoms with Crippen LogP contribution in [0.5, 0.6) is 11.5 Å². The number of hydrogen-bond donors (Lipinski definition) is 2. The van der Waals surface area contributed by atoms with Crippen LogP contribution >= 0.6 is 0 Å². The van der Waals surface area contributed by atoms with Crippen molar-refractivity contribution in [2.75, 3.05) is 13.2 Å². The Hall–Kier alpha value is -3.06. The van der Waals surface area contributed by atoms with E-state index in [1.165, 1.54) is 18.3 Å². The summed E-state index contributed by atoms with van der Waals surface area (Å²) in [5.41, 5.74) is 1.68. The average molecular weight is 388 g/mol. The minimum absolute atomic E-state index is 0.236. The second kappa shape index (κ2) is 8.75. The van der Waals surface area contributed by atoms with Crippen LogP contribution in [-0.4, -0.2) is 25.7 Å². The summed E-state index contributed by atoms with van der Waals surface area (Å²) in [5, 5.41) is 12.6. The molecular formula is C21H19F3N2O2. The fraction of sp³-hybridized carbons (Fsp3) is 0.190. The van der Waals surface area contributed by atoms with E-state index in [4.69, 9.17) is 10.1 Å². The Morgan fingerprint density at radius 1 is 0.929 bits per heavy atom. The van der Waals surface area contributed by atoms with Crippen LogP contribution in [0.25, 0.3) is 10.8 Å². The maximum atomic E-state index is 12.1. The lowest BCUT2D eigenvalue weighted by Gasteiger charge is -2.12. The molecule has 0 bridgehead atoms. The van der Waals surface area contributed by atoms with Gasteiger partial charge >= 0.3 is 6.36 Å². The highest BCUT2D eigenvalue weighted by molar-refractivity contribution is 6.01. The number of hydrogen-bond acceptors (Lipinski definition) is 4. The summed E-state index contributed by atoms with van der Waals surface area (Å²) < 4.78 is 46.1. The van der Waals surface area contributed by atoms with E-state index in [2.05, 4.69) is 10.1 Å². The van der Waals surface area contributed by atoms with Crippen molar-refractivity contribution in [1.29, 1.82) is 5.41 Å². The summed E-state index contributed by atoms with van der Waals surface area (Å²) >= 11 is 0. The zero-order valence-corrected chi connectivity index (χ0v) is 14.9. The fourth-order valence-electron chi connectivity index (χ4n) is 2.82. The Bertz CT molecular complexity index is 941. The highest BCUT2D eigenvalue weighted by Crippen LogP contribution is 2.27. The van der Waals surface area contributed by atoms with Crippen LogP contribution in [0.1, 0.15) is 11.1 Å². The van der Waals surface area contributed by atoms with Crippen molar-refractivity contribution in [2.45, 2.75) is 12.9 Å². The summed E-state index contributed by atoms with van der Waals surface area (Å²) in [6, 6.07) is 17.2. The predicted octanol–water partition coefficient (Wildman–Crippen LogP) is 4.90. The van der Waals surface area contributed by atoms with Gasteiger partial charge in [0.15, 0.2) is 0 Å². The molecule has 0 unspecified atom stereocenters. The molecule has 0 fully saturated rings. The molecule has 4 nitrogen and oxygen atoms in total. The average Bonchev–Trinajstić information content (AvgIpc) is 2.68. The Kier molecular flexibility index (Phi) is 6.16. The molecule has 146 valence electrons. The van der Waals surface area contributed by atoms with E-state index < -0.39 is 6.36 Å². The van der Waals surface area contributed by atoms with Gasteiger partial charge in [0.1, 0.15) is 18.1 Å². The van der Waals surface area contributed by atoms with Crippen LogP contribution in [0, 0.1) is 5.41 Å². The molecule has 0 aliphatic carbocycles. The summed E-state index contributed by atoms with van der Waals surface area (Å²) in [6.07, 6.45) is -3.36. The number of halogens is 3. The Labute approximate surface area is 160 Å². The second-order valence-electron chi connectivity index (χ2n) is 6.06. The first-order chi connectivity index (χ1) is 13.5. The molecule has 7 heteroatoms. The minimum atomic E-state index is -4.68. The zero-order valence-electron chi connectivity index (χ0n) is 14.9. The number of ether oxygens (including phenoxy) is 2. The van der Waals surface area contributed by atoms with Gasteiger partial charge < -0.3 is 20.2 Å². The van der Waals surface area contributed by atoms with Crippen LogP contribution in [0.3, 0.4) is 0 Å². The van der Waals surface area contributed by atoms with Crippen molar-refractivity contribution in [3.63, 3.8) is 0 Å². The molecule has 28 heavy (non-hydrogen) atoms. The number of rotatable bonds is 8. The van der Waals surface area contributed by atoms with Crippen LogP contribution in [0.4, 0.5) is 13.2 Å². The minimum Gasteiger partial charge on any atom is -0.492 e. The van der Waals surface area contributed by atoms with Crippen molar-refractivity contribution in [1.82, 2.24) is 5.32 Å². The van der Waals surface area contributed by atoms with Gasteiger partial charge in [0, 0.05) is 30.3 Å². The van der Waals surface area contributed by atoms with E-state index in [1.807, 2.05) is 36.4 Å². The molecule has 3 aromatic carbocycles. The fourth-order valence-corrected chi connectivity index (χ4v) is 2.82. The van der Waals surface area contributed by atoms with E-state index in [9.17, 15) is 13.2 Å². The quantitative estimate of drug-likeness (QED) is 0.426. The lowest BCUT2D eigenvalue weighted by molar-refractivity contribution is -0.274. The SMILES string of the molecule is N=Cc1ccc(OCCNCc2ccc(OC(F)(F)F)cc2)c2ccccc12. The summed E-state index contributed by atoms with van der Waals surface area (Å²) in [7, 11) is 0. The van der Waals surface area contributed by atoms with Gasteiger partial charge in [-0.1, -0.05) is 36.4 Å². The van der Waals surface area contributed by atoms with Crippen molar-refractivity contribution in [2.24, 2.45) is 0 Å². The van der Waals surface area contributed by atoms with E-state index in [0.29, 0.717) is 19.7 Å². The lowest BCUT2D eigenvalue weighted by atomic mass is 10.0. The molecule has 2 N–H and O–H groups in total. The van der Waals surface area contributed by atoms with Gasteiger partial charge in [0.2, 0.25) is 0 Å². The molecule has 0 saturated heterocycles. The molecule has 0 aliphatic rings. The molecule has 0 amide bonds. The maximum Gasteiger partial charge on any atom is 0.573 e. The van der Waals surface area contributed by atoms with Crippen LogP contribution < -0.4 is 14.8 Å². The van der Waals surface area contributed by atoms with Gasteiger partial charge in [0.25, 0.3) is 0 Å². The van der Waals surface area contributed by atoms with Crippen molar-refractivity contribution in [3.05, 3.63) is 71.8 Å². The van der Waals surface area contributed by atoms with Crippen LogP contribution in [0.15, 0.2) is 60.7 Å². The normalized spacial score (nSPS) is 11.4. The Morgan fingerprint density at radius 3 is 2.32 bits per heavy atom. The molecule has 0 aromatic heterocycles. The summed E-state index contributed by atoms with van der Waals surface area (Å²) in [5.74, 6) is 0.511. The third-order valence-corrected chi connectivity index (χ3v) is 4.10. The first-order valence-corrected chi connectivity index (χ1v) is 8.67. The number of nitrogens with one attached hydrogen (secondary N) is 2. The van der Waals surface area contributed by atoms with Gasteiger partial charge in [0.05, 0.1) is 0 Å². The van der Waals surface area contributed by atoms with Crippen LogP contribution in [0.2, 0.25) is 0 Å². The van der Waals surface area contributed by atoms with Crippen LogP contribution in [-0.2, 0) is 6.54 Å². The van der Waals surface area contributed by atoms with E-state index in [0.717, 1.165) is 27.6 Å². The molecule has 0 saturated carbocycles. The third-order valence-electron chi connectivity index (χ3n) is 4.10. The predicted molar refractivity (Wildman–Crippen MR) is 102 cm³/mol. The van der Waals surface area contributed by atoms with E-state index in [-0.39, 0.29) is 5.75 Å². The maximum absolute atomic E-state index is 12.1. The monoisotopic (exact) mass is 388 g/mol. The van der Waals surface area contributed by atoms with Gasteiger partial charge in [-0.25, -0.2) is 0 Å². The Balaban J connectivity index is 1.49. The van der Waals surface area contributed by atoms with Gasteiger partial charge in [-0.05, 0) is 35.2 Å². The largest absolute Gasteiger partial charge is 0.573 e. The molecular weight excluding hydrogens is 369 g/mol. The molecule has 0 radical (unpaired) electrons. The van der Waals surface area contributed by atoms with Gasteiger partial charge in [-0.15, -0.1) is 13.2 Å². The summed E-state index contributed by atoms with van der Waals surface area (Å²) in [4.78, 5) is 0. The highest BCUT2D eigenvalue weighted by atomic mass is 19.4. The highest BCUT2D eigenvalue weighted by Gasteiger charge is 2.30. The topological polar surface area (TPSA) is 54.3 Å². The van der Waals surface area contributed by atoms with E-state index >= 15 is 0 Å². The van der Waals surface area contributed by atoms with E-state index in [1.54, 1.807) is 12.1 Å². The number of fused-ring (bicyclic) bond motifs is 1. The Morgan fingerprint density at radius 2 is 1.64 bits per heavy atom. The third kappa shape index (κ3) is 5.23. The molecule has 3 aromatic rings. The number of alkyl halides is 3. The van der Waals surface area contributed by atoms with Crippen molar-refractivity contribution in [3.8, 4) is 11.5 Å². The van der Waals surface area contributed by atoms with Crippen molar-refractivity contribution >= 4 is 17.0 Å². The molecule has 0 heterocycles. The second-order valence-corrected chi connectivity index (χ2v) is 6.06. The van der Waals surface area contributed by atoms with Crippen molar-refractivity contribution < 1.29 is 22.6 Å². The smallest absolute Gasteiger partial charge is 0.492 e. The molecule has 3 rings (SSSR count). The zero-order chi connectivity index (χ0) is 20.0. The summed E-state index contributed by atoms with van der Waals surface area (Å²) in [6.45, 7) is 1.51.